The number of carboxylic acids is 1. The molecular weight excluding hydrogens is 592 g/mol. The Bertz CT molecular complexity index is 1340. The van der Waals surface area contributed by atoms with Crippen LogP contribution >= 0.6 is 27.5 Å². The number of hydrogen-bond donors (Lipinski definition) is 3. The summed E-state index contributed by atoms with van der Waals surface area (Å²) in [5, 5.41) is 16.5. The number of rotatable bonds is 10. The molecule has 0 radical (unpaired) electrons. The van der Waals surface area contributed by atoms with E-state index in [4.69, 9.17) is 21.1 Å². The lowest BCUT2D eigenvalue weighted by Gasteiger charge is -2.19. The van der Waals surface area contributed by atoms with Crippen molar-refractivity contribution in [3.8, 4) is 11.5 Å². The van der Waals surface area contributed by atoms with E-state index in [0.717, 1.165) is 41.4 Å². The zero-order valence-corrected chi connectivity index (χ0v) is 25.3. The van der Waals surface area contributed by atoms with Crippen LogP contribution < -0.4 is 20.1 Å². The minimum Gasteiger partial charge on any atom is -0.490 e. The van der Waals surface area contributed by atoms with Crippen LogP contribution in [0.15, 0.2) is 70.7 Å². The summed E-state index contributed by atoms with van der Waals surface area (Å²) in [6.07, 6.45) is 3.40. The molecule has 0 spiro atoms. The third-order valence-corrected chi connectivity index (χ3v) is 8.02. The lowest BCUT2D eigenvalue weighted by molar-refractivity contribution is -0.132. The first-order valence-corrected chi connectivity index (χ1v) is 14.7. The topological polar surface area (TPSA) is 79.8 Å². The van der Waals surface area contributed by atoms with E-state index in [-0.39, 0.29) is 0 Å². The fourth-order valence-corrected chi connectivity index (χ4v) is 5.02. The van der Waals surface area contributed by atoms with E-state index in [2.05, 4.69) is 44.8 Å². The Morgan fingerprint density at radius 3 is 2.45 bits per heavy atom. The molecule has 1 fully saturated rings. The van der Waals surface area contributed by atoms with Crippen LogP contribution in [0, 0.1) is 13.8 Å². The van der Waals surface area contributed by atoms with Crippen LogP contribution in [0.5, 0.6) is 11.5 Å². The minimum atomic E-state index is -0.871. The molecule has 3 aromatic rings. The SMILES string of the molecule is Brc1ccccc1CNC1CC1.Cc1cc(Cl)c(OCCOc2ccc(C3=C(C(=O)O)CNCC3)cc2)cc1C. The summed E-state index contributed by atoms with van der Waals surface area (Å²) >= 11 is 9.73. The van der Waals surface area contributed by atoms with Crippen LogP contribution in [-0.4, -0.2) is 43.4 Å². The molecule has 1 aliphatic heterocycles. The van der Waals surface area contributed by atoms with Crippen LogP contribution in [-0.2, 0) is 11.3 Å². The molecule has 1 aliphatic carbocycles. The number of carboxylic acid groups (broad SMARTS) is 1. The van der Waals surface area contributed by atoms with Crippen molar-refractivity contribution in [3.63, 3.8) is 0 Å². The predicted molar refractivity (Wildman–Crippen MR) is 164 cm³/mol. The maximum Gasteiger partial charge on any atom is 0.333 e. The fourth-order valence-electron chi connectivity index (χ4n) is 4.32. The lowest BCUT2D eigenvalue weighted by atomic mass is 9.94. The molecule has 0 amide bonds. The molecule has 2 aliphatic rings. The number of aliphatic carboxylic acids is 1. The van der Waals surface area contributed by atoms with Gasteiger partial charge in [-0.2, -0.15) is 0 Å². The highest BCUT2D eigenvalue weighted by molar-refractivity contribution is 9.10. The summed E-state index contributed by atoms with van der Waals surface area (Å²) in [7, 11) is 0. The van der Waals surface area contributed by atoms with Crippen molar-refractivity contribution in [3.05, 3.63) is 98.0 Å². The maximum absolute atomic E-state index is 11.4. The molecule has 0 atom stereocenters. The van der Waals surface area contributed by atoms with Crippen LogP contribution in [0.25, 0.3) is 5.57 Å². The Kier molecular flexibility index (Phi) is 11.1. The Hall–Kier alpha value is -2.84. The van der Waals surface area contributed by atoms with E-state index in [1.54, 1.807) is 0 Å². The first-order valence-electron chi connectivity index (χ1n) is 13.6. The molecule has 0 aromatic heterocycles. The predicted octanol–water partition coefficient (Wildman–Crippen LogP) is 6.95. The van der Waals surface area contributed by atoms with Gasteiger partial charge in [-0.15, -0.1) is 0 Å². The van der Waals surface area contributed by atoms with Crippen molar-refractivity contribution in [2.45, 2.75) is 45.7 Å². The zero-order valence-electron chi connectivity index (χ0n) is 22.9. The molecule has 0 bridgehead atoms. The molecule has 1 heterocycles. The number of carbonyl (C=O) groups is 1. The molecule has 40 heavy (non-hydrogen) atoms. The molecule has 3 N–H and O–H groups in total. The lowest BCUT2D eigenvalue weighted by Crippen LogP contribution is -2.28. The van der Waals surface area contributed by atoms with Gasteiger partial charge in [-0.25, -0.2) is 4.79 Å². The average molecular weight is 628 g/mol. The molecule has 212 valence electrons. The Morgan fingerprint density at radius 1 is 1.05 bits per heavy atom. The number of nitrogens with one attached hydrogen (secondary N) is 2. The van der Waals surface area contributed by atoms with Crippen molar-refractivity contribution >= 4 is 39.1 Å². The van der Waals surface area contributed by atoms with E-state index in [0.29, 0.717) is 48.3 Å². The molecule has 0 unspecified atom stereocenters. The zero-order chi connectivity index (χ0) is 28.5. The van der Waals surface area contributed by atoms with Gasteiger partial charge < -0.3 is 25.2 Å². The van der Waals surface area contributed by atoms with E-state index in [9.17, 15) is 9.90 Å². The number of benzene rings is 3. The van der Waals surface area contributed by atoms with Gasteiger partial charge in [-0.3, -0.25) is 0 Å². The van der Waals surface area contributed by atoms with Gasteiger partial charge in [0.25, 0.3) is 0 Å². The summed E-state index contributed by atoms with van der Waals surface area (Å²) in [5.74, 6) is 0.498. The third kappa shape index (κ3) is 8.83. The Balaban J connectivity index is 0.000000255. The fraction of sp³-hybridized carbons (Fsp3) is 0.344. The van der Waals surface area contributed by atoms with Gasteiger partial charge in [-0.1, -0.05) is 57.9 Å². The van der Waals surface area contributed by atoms with Gasteiger partial charge in [0.2, 0.25) is 0 Å². The molecule has 6 nitrogen and oxygen atoms in total. The summed E-state index contributed by atoms with van der Waals surface area (Å²) in [5.41, 5.74) is 5.84. The summed E-state index contributed by atoms with van der Waals surface area (Å²) in [6, 6.07) is 20.5. The van der Waals surface area contributed by atoms with Gasteiger partial charge >= 0.3 is 5.97 Å². The minimum absolute atomic E-state index is 0.379. The third-order valence-electron chi connectivity index (χ3n) is 6.95. The smallest absolute Gasteiger partial charge is 0.333 e. The quantitative estimate of drug-likeness (QED) is 0.211. The van der Waals surface area contributed by atoms with Crippen LogP contribution in [0.3, 0.4) is 0 Å². The van der Waals surface area contributed by atoms with Crippen molar-refractivity contribution in [1.82, 2.24) is 10.6 Å². The first-order chi connectivity index (χ1) is 19.3. The standard InChI is InChI=1S/C22H24ClNO4.C10H12BrN/c1-14-11-20(23)21(12-15(14)2)28-10-9-27-17-5-3-16(4-6-17)18-7-8-24-13-19(18)22(25)26;11-10-4-2-1-3-8(10)7-12-9-5-6-9/h3-6,11-12,24H,7-10,13H2,1-2H3,(H,25,26);1-4,9,12H,5-7H2. The molecular formula is C32H36BrClN2O4. The monoisotopic (exact) mass is 626 g/mol. The van der Waals surface area contributed by atoms with Crippen molar-refractivity contribution < 1.29 is 19.4 Å². The van der Waals surface area contributed by atoms with Gasteiger partial charge in [0.05, 0.1) is 10.6 Å². The van der Waals surface area contributed by atoms with E-state index in [1.807, 2.05) is 56.3 Å². The average Bonchev–Trinajstić information content (AvgIpc) is 3.79. The Labute approximate surface area is 249 Å². The van der Waals surface area contributed by atoms with E-state index < -0.39 is 5.97 Å². The molecule has 8 heteroatoms. The molecule has 5 rings (SSSR count). The highest BCUT2D eigenvalue weighted by atomic mass is 79.9. The van der Waals surface area contributed by atoms with Crippen molar-refractivity contribution in [2.24, 2.45) is 0 Å². The number of hydrogen-bond acceptors (Lipinski definition) is 5. The summed E-state index contributed by atoms with van der Waals surface area (Å²) in [6.45, 7) is 6.96. The number of aryl methyl sites for hydroxylation is 2. The van der Waals surface area contributed by atoms with E-state index >= 15 is 0 Å². The van der Waals surface area contributed by atoms with Gasteiger partial charge in [-0.05, 0) is 97.8 Å². The molecule has 3 aromatic carbocycles. The normalized spacial score (nSPS) is 14.8. The second-order valence-corrected chi connectivity index (χ2v) is 11.3. The molecule has 0 saturated heterocycles. The summed E-state index contributed by atoms with van der Waals surface area (Å²) in [4.78, 5) is 11.4. The van der Waals surface area contributed by atoms with Gasteiger partial charge in [0.15, 0.2) is 0 Å². The van der Waals surface area contributed by atoms with Gasteiger partial charge in [0.1, 0.15) is 24.7 Å². The first kappa shape index (κ1) is 30.1. The number of ether oxygens (including phenoxy) is 2. The van der Waals surface area contributed by atoms with Crippen molar-refractivity contribution in [2.75, 3.05) is 26.3 Å². The second kappa shape index (κ2) is 14.7. The van der Waals surface area contributed by atoms with E-state index in [1.165, 1.54) is 22.9 Å². The van der Waals surface area contributed by atoms with Crippen LogP contribution in [0.1, 0.15) is 41.5 Å². The highest BCUT2D eigenvalue weighted by Crippen LogP contribution is 2.29. The highest BCUT2D eigenvalue weighted by Gasteiger charge is 2.20. The molecule has 1 saturated carbocycles. The number of halogens is 2. The Morgan fingerprint density at radius 2 is 1.75 bits per heavy atom. The summed E-state index contributed by atoms with van der Waals surface area (Å²) < 4.78 is 12.6. The van der Waals surface area contributed by atoms with Crippen LogP contribution in [0.4, 0.5) is 0 Å². The van der Waals surface area contributed by atoms with Crippen molar-refractivity contribution in [1.29, 1.82) is 0 Å². The van der Waals surface area contributed by atoms with Gasteiger partial charge in [0, 0.05) is 23.6 Å². The maximum atomic E-state index is 11.4. The van der Waals surface area contributed by atoms with Crippen LogP contribution in [0.2, 0.25) is 5.02 Å². The second-order valence-electron chi connectivity index (χ2n) is 10.0. The largest absolute Gasteiger partial charge is 0.490 e.